The van der Waals surface area contributed by atoms with Gasteiger partial charge in [-0.25, -0.2) is 4.39 Å². The van der Waals surface area contributed by atoms with Gasteiger partial charge in [0.25, 0.3) is 0 Å². The molecule has 2 N–H and O–H groups in total. The van der Waals surface area contributed by atoms with Gasteiger partial charge in [-0.2, -0.15) is 5.26 Å². The Labute approximate surface area is 117 Å². The van der Waals surface area contributed by atoms with E-state index < -0.39 is 11.9 Å². The maximum absolute atomic E-state index is 13.6. The Morgan fingerprint density at radius 3 is 2.60 bits per heavy atom. The van der Waals surface area contributed by atoms with E-state index in [2.05, 4.69) is 5.32 Å². The fourth-order valence-corrected chi connectivity index (χ4v) is 1.91. The van der Waals surface area contributed by atoms with E-state index >= 15 is 0 Å². The number of anilines is 1. The van der Waals surface area contributed by atoms with Crippen LogP contribution in [-0.2, 0) is 6.42 Å². The van der Waals surface area contributed by atoms with Gasteiger partial charge in [0.1, 0.15) is 5.82 Å². The summed E-state index contributed by atoms with van der Waals surface area (Å²) in [5.74, 6) is -0.490. The van der Waals surface area contributed by atoms with Crippen molar-refractivity contribution in [3.8, 4) is 6.07 Å². The molecule has 4 heteroatoms. The molecule has 1 unspecified atom stereocenters. The highest BCUT2D eigenvalue weighted by Gasteiger charge is 2.08. The summed E-state index contributed by atoms with van der Waals surface area (Å²) in [6.07, 6.45) is -0.0985. The molecule has 0 radical (unpaired) electrons. The number of hydrogen-bond acceptors (Lipinski definition) is 3. The van der Waals surface area contributed by atoms with E-state index in [0.29, 0.717) is 6.42 Å². The summed E-state index contributed by atoms with van der Waals surface area (Å²) in [6.45, 7) is 0.248. The predicted molar refractivity (Wildman–Crippen MR) is 75.8 cm³/mol. The first-order chi connectivity index (χ1) is 9.69. The number of rotatable bonds is 5. The minimum atomic E-state index is -0.604. The Bertz CT molecular complexity index is 608. The zero-order valence-corrected chi connectivity index (χ0v) is 10.9. The Morgan fingerprint density at radius 2 is 1.95 bits per heavy atom. The molecule has 2 rings (SSSR count). The molecular formula is C16H15FN2O. The Balaban J connectivity index is 1.90. The summed E-state index contributed by atoms with van der Waals surface area (Å²) in [5, 5.41) is 21.4. The first-order valence-corrected chi connectivity index (χ1v) is 6.34. The summed E-state index contributed by atoms with van der Waals surface area (Å²) in [4.78, 5) is 0. The Morgan fingerprint density at radius 1 is 1.20 bits per heavy atom. The molecular weight excluding hydrogens is 255 g/mol. The molecule has 3 nitrogen and oxygen atoms in total. The molecule has 2 aromatic carbocycles. The standard InChI is InChI=1S/C16H15FN2O/c17-15-9-13(10-18)6-7-16(15)19-11-14(20)8-12-4-2-1-3-5-12/h1-7,9,14,19-20H,8,11H2. The highest BCUT2D eigenvalue weighted by Crippen LogP contribution is 2.15. The van der Waals surface area contributed by atoms with Crippen LogP contribution in [0.25, 0.3) is 0 Å². The van der Waals surface area contributed by atoms with Gasteiger partial charge in [-0.15, -0.1) is 0 Å². The lowest BCUT2D eigenvalue weighted by molar-refractivity contribution is 0.188. The third kappa shape index (κ3) is 3.81. The first kappa shape index (κ1) is 14.0. The van der Waals surface area contributed by atoms with Crippen LogP contribution in [0.3, 0.4) is 0 Å². The summed E-state index contributed by atoms with van der Waals surface area (Å²) < 4.78 is 13.6. The Kier molecular flexibility index (Phi) is 4.70. The molecule has 0 saturated carbocycles. The van der Waals surface area contributed by atoms with Crippen LogP contribution >= 0.6 is 0 Å². The smallest absolute Gasteiger partial charge is 0.147 e. The van der Waals surface area contributed by atoms with Crippen molar-refractivity contribution in [2.24, 2.45) is 0 Å². The van der Waals surface area contributed by atoms with E-state index in [1.165, 1.54) is 18.2 Å². The number of aliphatic hydroxyl groups is 1. The van der Waals surface area contributed by atoms with Gasteiger partial charge in [0.15, 0.2) is 0 Å². The fraction of sp³-hybridized carbons (Fsp3) is 0.188. The van der Waals surface area contributed by atoms with Crippen LogP contribution in [-0.4, -0.2) is 17.8 Å². The third-order valence-corrected chi connectivity index (χ3v) is 2.94. The molecule has 0 aliphatic carbocycles. The normalized spacial score (nSPS) is 11.7. The molecule has 2 aromatic rings. The van der Waals surface area contributed by atoms with Gasteiger partial charge in [-0.1, -0.05) is 30.3 Å². The first-order valence-electron chi connectivity index (χ1n) is 6.34. The molecule has 0 bridgehead atoms. The molecule has 1 atom stereocenters. The zero-order valence-electron chi connectivity index (χ0n) is 10.9. The molecule has 0 fully saturated rings. The van der Waals surface area contributed by atoms with Crippen molar-refractivity contribution in [1.82, 2.24) is 0 Å². The molecule has 0 spiro atoms. The van der Waals surface area contributed by atoms with Crippen LogP contribution in [0, 0.1) is 17.1 Å². The van der Waals surface area contributed by atoms with Gasteiger partial charge < -0.3 is 10.4 Å². The summed E-state index contributed by atoms with van der Waals surface area (Å²) in [6, 6.07) is 15.7. The van der Waals surface area contributed by atoms with E-state index in [4.69, 9.17) is 5.26 Å². The van der Waals surface area contributed by atoms with Crippen molar-refractivity contribution in [3.63, 3.8) is 0 Å². The number of aliphatic hydroxyl groups excluding tert-OH is 1. The molecule has 0 saturated heterocycles. The monoisotopic (exact) mass is 270 g/mol. The van der Waals surface area contributed by atoms with E-state index in [9.17, 15) is 9.50 Å². The van der Waals surface area contributed by atoms with Crippen LogP contribution in [0.5, 0.6) is 0 Å². The quantitative estimate of drug-likeness (QED) is 0.878. The number of nitriles is 1. The molecule has 0 aromatic heterocycles. The second kappa shape index (κ2) is 6.69. The molecule has 102 valence electrons. The lowest BCUT2D eigenvalue weighted by Gasteiger charge is -2.13. The van der Waals surface area contributed by atoms with Crippen molar-refractivity contribution >= 4 is 5.69 Å². The average Bonchev–Trinajstić information content (AvgIpc) is 2.47. The van der Waals surface area contributed by atoms with Crippen LogP contribution in [0.2, 0.25) is 0 Å². The summed E-state index contributed by atoms with van der Waals surface area (Å²) >= 11 is 0. The lowest BCUT2D eigenvalue weighted by Crippen LogP contribution is -2.22. The van der Waals surface area contributed by atoms with Crippen molar-refractivity contribution in [2.45, 2.75) is 12.5 Å². The second-order valence-corrected chi connectivity index (χ2v) is 4.53. The van der Waals surface area contributed by atoms with Gasteiger partial charge in [0, 0.05) is 13.0 Å². The molecule has 0 aliphatic rings. The third-order valence-electron chi connectivity index (χ3n) is 2.94. The number of hydrogen-bond donors (Lipinski definition) is 2. The van der Waals surface area contributed by atoms with Gasteiger partial charge in [0.2, 0.25) is 0 Å². The molecule has 20 heavy (non-hydrogen) atoms. The number of nitrogens with zero attached hydrogens (tertiary/aromatic N) is 1. The number of benzene rings is 2. The van der Waals surface area contributed by atoms with Crippen molar-refractivity contribution < 1.29 is 9.50 Å². The summed E-state index contributed by atoms with van der Waals surface area (Å²) in [5.41, 5.74) is 1.59. The minimum absolute atomic E-state index is 0.248. The maximum atomic E-state index is 13.6. The van der Waals surface area contributed by atoms with E-state index in [1.54, 1.807) is 0 Å². The minimum Gasteiger partial charge on any atom is -0.391 e. The number of halogens is 1. The van der Waals surface area contributed by atoms with Crippen LogP contribution in [0.4, 0.5) is 10.1 Å². The zero-order chi connectivity index (χ0) is 14.4. The molecule has 0 aliphatic heterocycles. The van der Waals surface area contributed by atoms with Crippen LogP contribution in [0.15, 0.2) is 48.5 Å². The lowest BCUT2D eigenvalue weighted by atomic mass is 10.1. The van der Waals surface area contributed by atoms with Crippen molar-refractivity contribution in [2.75, 3.05) is 11.9 Å². The van der Waals surface area contributed by atoms with Gasteiger partial charge in [-0.05, 0) is 23.8 Å². The maximum Gasteiger partial charge on any atom is 0.147 e. The Hall–Kier alpha value is -2.38. The van der Waals surface area contributed by atoms with E-state index in [0.717, 1.165) is 5.56 Å². The second-order valence-electron chi connectivity index (χ2n) is 4.53. The molecule has 0 heterocycles. The van der Waals surface area contributed by atoms with E-state index in [-0.39, 0.29) is 17.8 Å². The van der Waals surface area contributed by atoms with Gasteiger partial charge in [-0.3, -0.25) is 0 Å². The average molecular weight is 270 g/mol. The van der Waals surface area contributed by atoms with Crippen molar-refractivity contribution in [3.05, 3.63) is 65.5 Å². The SMILES string of the molecule is N#Cc1ccc(NCC(O)Cc2ccccc2)c(F)c1. The molecule has 0 amide bonds. The topological polar surface area (TPSA) is 56.0 Å². The van der Waals surface area contributed by atoms with Crippen LogP contribution in [0.1, 0.15) is 11.1 Å². The largest absolute Gasteiger partial charge is 0.391 e. The highest BCUT2D eigenvalue weighted by atomic mass is 19.1. The van der Waals surface area contributed by atoms with Gasteiger partial charge >= 0.3 is 0 Å². The fourth-order valence-electron chi connectivity index (χ4n) is 1.91. The predicted octanol–water partition coefficient (Wildman–Crippen LogP) is 2.71. The van der Waals surface area contributed by atoms with Gasteiger partial charge in [0.05, 0.1) is 23.4 Å². The summed E-state index contributed by atoms with van der Waals surface area (Å²) in [7, 11) is 0. The van der Waals surface area contributed by atoms with E-state index in [1.807, 2.05) is 36.4 Å². The van der Waals surface area contributed by atoms with Crippen molar-refractivity contribution in [1.29, 1.82) is 5.26 Å². The highest BCUT2D eigenvalue weighted by molar-refractivity contribution is 5.48. The van der Waals surface area contributed by atoms with Crippen LogP contribution < -0.4 is 5.32 Å². The number of nitrogens with one attached hydrogen (secondary N) is 1.